The summed E-state index contributed by atoms with van der Waals surface area (Å²) in [6, 6.07) is 9.23. The van der Waals surface area contributed by atoms with Gasteiger partial charge in [-0.2, -0.15) is 0 Å². The number of benzene rings is 1. The lowest BCUT2D eigenvalue weighted by molar-refractivity contribution is 0.293. The molecule has 1 aliphatic carbocycles. The summed E-state index contributed by atoms with van der Waals surface area (Å²) in [5.41, 5.74) is 1.40. The predicted octanol–water partition coefficient (Wildman–Crippen LogP) is 4.11. The zero-order valence-corrected chi connectivity index (χ0v) is 12.3. The predicted molar refractivity (Wildman–Crippen MR) is 80.9 cm³/mol. The molecule has 1 aromatic rings. The van der Waals surface area contributed by atoms with Crippen molar-refractivity contribution in [3.8, 4) is 5.75 Å². The number of hydrogen-bond acceptors (Lipinski definition) is 2. The molecule has 0 spiro atoms. The van der Waals surface area contributed by atoms with Gasteiger partial charge in [0.1, 0.15) is 5.75 Å². The van der Waals surface area contributed by atoms with E-state index >= 15 is 0 Å². The van der Waals surface area contributed by atoms with Gasteiger partial charge in [-0.3, -0.25) is 0 Å². The van der Waals surface area contributed by atoms with Crippen LogP contribution in [0.25, 0.3) is 0 Å². The second-order valence-electron chi connectivity index (χ2n) is 5.44. The summed E-state index contributed by atoms with van der Waals surface area (Å²) in [5, 5.41) is 3.66. The van der Waals surface area contributed by atoms with Crippen LogP contribution in [0.1, 0.15) is 57.4 Å². The van der Waals surface area contributed by atoms with Crippen molar-refractivity contribution in [1.82, 2.24) is 5.32 Å². The number of ether oxygens (including phenoxy) is 1. The third-order valence-corrected chi connectivity index (χ3v) is 4.01. The zero-order valence-electron chi connectivity index (χ0n) is 12.3. The summed E-state index contributed by atoms with van der Waals surface area (Å²) >= 11 is 0. The Morgan fingerprint density at radius 3 is 2.74 bits per heavy atom. The van der Waals surface area contributed by atoms with Gasteiger partial charge in [0, 0.05) is 12.0 Å². The molecule has 0 saturated heterocycles. The summed E-state index contributed by atoms with van der Waals surface area (Å²) in [6.45, 7) is 6.23. The van der Waals surface area contributed by atoms with E-state index in [4.69, 9.17) is 4.74 Å². The van der Waals surface area contributed by atoms with Crippen molar-refractivity contribution in [3.05, 3.63) is 29.8 Å². The fraction of sp³-hybridized carbons (Fsp3) is 0.647. The van der Waals surface area contributed by atoms with E-state index in [1.165, 1.54) is 31.2 Å². The van der Waals surface area contributed by atoms with Crippen molar-refractivity contribution in [1.29, 1.82) is 0 Å². The molecule has 106 valence electrons. The number of para-hydroxylation sites is 1. The first kappa shape index (κ1) is 14.4. The molecule has 2 atom stereocenters. The summed E-state index contributed by atoms with van der Waals surface area (Å²) in [4.78, 5) is 0. The van der Waals surface area contributed by atoms with Crippen molar-refractivity contribution in [2.75, 3.05) is 13.2 Å². The van der Waals surface area contributed by atoms with Crippen LogP contribution in [0.3, 0.4) is 0 Å². The van der Waals surface area contributed by atoms with Gasteiger partial charge in [-0.1, -0.05) is 44.9 Å². The Kier molecular flexibility index (Phi) is 5.71. The second kappa shape index (κ2) is 7.54. The Labute approximate surface area is 117 Å². The summed E-state index contributed by atoms with van der Waals surface area (Å²) < 4.78 is 5.94. The van der Waals surface area contributed by atoms with E-state index in [-0.39, 0.29) is 0 Å². The van der Waals surface area contributed by atoms with Gasteiger partial charge >= 0.3 is 0 Å². The van der Waals surface area contributed by atoms with E-state index in [9.17, 15) is 0 Å². The van der Waals surface area contributed by atoms with Crippen LogP contribution < -0.4 is 10.1 Å². The van der Waals surface area contributed by atoms with E-state index in [0.717, 1.165) is 25.3 Å². The molecule has 2 unspecified atom stereocenters. The first-order valence-electron chi connectivity index (χ1n) is 7.82. The van der Waals surface area contributed by atoms with Crippen LogP contribution in [0.2, 0.25) is 0 Å². The van der Waals surface area contributed by atoms with Crippen LogP contribution in [0.5, 0.6) is 5.75 Å². The molecule has 1 fully saturated rings. The van der Waals surface area contributed by atoms with Gasteiger partial charge in [-0.05, 0) is 37.4 Å². The Bertz CT molecular complexity index is 375. The minimum atomic E-state index is 0.613. The van der Waals surface area contributed by atoms with Crippen LogP contribution >= 0.6 is 0 Å². The molecule has 1 aromatic carbocycles. The van der Waals surface area contributed by atoms with Gasteiger partial charge in [0.25, 0.3) is 0 Å². The standard InChI is InChI=1S/C17H27NO/c1-3-13-19-17-12-8-6-10-15(17)14-9-5-7-11-16(14)18-4-2/h6,8,10,12,14,16,18H,3-5,7,9,11,13H2,1-2H3. The zero-order chi connectivity index (χ0) is 13.5. The molecule has 19 heavy (non-hydrogen) atoms. The van der Waals surface area contributed by atoms with Crippen LogP contribution in [-0.4, -0.2) is 19.2 Å². The normalized spacial score (nSPS) is 23.3. The van der Waals surface area contributed by atoms with E-state index in [2.05, 4.69) is 43.4 Å². The van der Waals surface area contributed by atoms with Crippen molar-refractivity contribution in [2.45, 2.75) is 57.9 Å². The third-order valence-electron chi connectivity index (χ3n) is 4.01. The summed E-state index contributed by atoms with van der Waals surface area (Å²) in [7, 11) is 0. The topological polar surface area (TPSA) is 21.3 Å². The molecule has 0 aromatic heterocycles. The van der Waals surface area contributed by atoms with E-state index in [1.54, 1.807) is 0 Å². The smallest absolute Gasteiger partial charge is 0.122 e. The first-order chi connectivity index (χ1) is 9.36. The molecule has 2 heteroatoms. The van der Waals surface area contributed by atoms with Crippen LogP contribution in [0, 0.1) is 0 Å². The maximum Gasteiger partial charge on any atom is 0.122 e. The number of nitrogens with one attached hydrogen (secondary N) is 1. The molecular formula is C17H27NO. The molecule has 2 nitrogen and oxygen atoms in total. The lowest BCUT2D eigenvalue weighted by Gasteiger charge is -2.33. The van der Waals surface area contributed by atoms with Crippen LogP contribution in [0.15, 0.2) is 24.3 Å². The number of rotatable bonds is 6. The van der Waals surface area contributed by atoms with Crippen molar-refractivity contribution in [3.63, 3.8) is 0 Å². The Morgan fingerprint density at radius 1 is 1.16 bits per heavy atom. The highest BCUT2D eigenvalue weighted by atomic mass is 16.5. The lowest BCUT2D eigenvalue weighted by Crippen LogP contribution is -2.37. The number of likely N-dealkylation sites (N-methyl/N-ethyl adjacent to an activating group) is 1. The molecule has 0 heterocycles. The highest BCUT2D eigenvalue weighted by Crippen LogP contribution is 2.37. The molecule has 1 aliphatic rings. The van der Waals surface area contributed by atoms with Gasteiger partial charge in [-0.25, -0.2) is 0 Å². The monoisotopic (exact) mass is 261 g/mol. The van der Waals surface area contributed by atoms with Gasteiger partial charge in [0.05, 0.1) is 6.61 Å². The van der Waals surface area contributed by atoms with E-state index < -0.39 is 0 Å². The second-order valence-corrected chi connectivity index (χ2v) is 5.44. The minimum Gasteiger partial charge on any atom is -0.493 e. The average Bonchev–Trinajstić information content (AvgIpc) is 2.46. The van der Waals surface area contributed by atoms with Gasteiger partial charge in [0.2, 0.25) is 0 Å². The SMILES string of the molecule is CCCOc1ccccc1C1CCCCC1NCC. The van der Waals surface area contributed by atoms with E-state index in [0.29, 0.717) is 12.0 Å². The fourth-order valence-electron chi connectivity index (χ4n) is 3.14. The molecule has 0 radical (unpaired) electrons. The average molecular weight is 261 g/mol. The Morgan fingerprint density at radius 2 is 1.95 bits per heavy atom. The maximum absolute atomic E-state index is 5.94. The highest BCUT2D eigenvalue weighted by molar-refractivity contribution is 5.37. The van der Waals surface area contributed by atoms with Gasteiger partial charge < -0.3 is 10.1 Å². The summed E-state index contributed by atoms with van der Waals surface area (Å²) in [5.74, 6) is 1.71. The van der Waals surface area contributed by atoms with Crippen molar-refractivity contribution < 1.29 is 4.74 Å². The third kappa shape index (κ3) is 3.73. The van der Waals surface area contributed by atoms with Gasteiger partial charge in [0.15, 0.2) is 0 Å². The van der Waals surface area contributed by atoms with Crippen molar-refractivity contribution >= 4 is 0 Å². The Balaban J connectivity index is 2.17. The molecule has 1 saturated carbocycles. The molecule has 0 aliphatic heterocycles. The Hall–Kier alpha value is -1.02. The maximum atomic E-state index is 5.94. The summed E-state index contributed by atoms with van der Waals surface area (Å²) in [6.07, 6.45) is 6.33. The fourth-order valence-corrected chi connectivity index (χ4v) is 3.14. The molecular weight excluding hydrogens is 234 g/mol. The first-order valence-corrected chi connectivity index (χ1v) is 7.82. The van der Waals surface area contributed by atoms with E-state index in [1.807, 2.05) is 0 Å². The minimum absolute atomic E-state index is 0.613. The highest BCUT2D eigenvalue weighted by Gasteiger charge is 2.27. The molecule has 0 amide bonds. The quantitative estimate of drug-likeness (QED) is 0.832. The molecule has 1 N–H and O–H groups in total. The number of hydrogen-bond donors (Lipinski definition) is 1. The van der Waals surface area contributed by atoms with Crippen LogP contribution in [0.4, 0.5) is 0 Å². The van der Waals surface area contributed by atoms with Crippen molar-refractivity contribution in [2.24, 2.45) is 0 Å². The van der Waals surface area contributed by atoms with Crippen LogP contribution in [-0.2, 0) is 0 Å². The largest absolute Gasteiger partial charge is 0.493 e. The molecule has 2 rings (SSSR count). The molecule has 0 bridgehead atoms. The van der Waals surface area contributed by atoms with Gasteiger partial charge in [-0.15, -0.1) is 0 Å². The lowest BCUT2D eigenvalue weighted by atomic mass is 9.79.